The van der Waals surface area contributed by atoms with Crippen molar-refractivity contribution in [3.63, 3.8) is 0 Å². The largest absolute Gasteiger partial charge is 0.133 e. The molecule has 0 amide bonds. The maximum Gasteiger partial charge on any atom is 0.0730 e. The number of aryl methyl sites for hydroxylation is 2. The molecule has 1 heterocycles. The van der Waals surface area contributed by atoms with Crippen LogP contribution in [-0.4, -0.2) is 0 Å². The van der Waals surface area contributed by atoms with Crippen LogP contribution >= 0.6 is 27.3 Å². The highest BCUT2D eigenvalue weighted by molar-refractivity contribution is 9.11. The number of halogens is 1. The van der Waals surface area contributed by atoms with Crippen molar-refractivity contribution in [3.05, 3.63) is 20.3 Å². The molecule has 0 aliphatic carbocycles. The highest BCUT2D eigenvalue weighted by atomic mass is 79.9. The summed E-state index contributed by atoms with van der Waals surface area (Å²) in [6.07, 6.45) is 1.15. The van der Waals surface area contributed by atoms with Crippen LogP contribution in [0.4, 0.5) is 0 Å². The van der Waals surface area contributed by atoms with Gasteiger partial charge < -0.3 is 0 Å². The third kappa shape index (κ3) is 1.55. The van der Waals surface area contributed by atoms with Gasteiger partial charge in [-0.1, -0.05) is 6.92 Å². The Hall–Kier alpha value is 0.180. The van der Waals surface area contributed by atoms with Gasteiger partial charge in [-0.2, -0.15) is 0 Å². The molecule has 0 saturated heterocycles. The minimum atomic E-state index is 1.15. The maximum absolute atomic E-state index is 3.48. The zero-order chi connectivity index (χ0) is 6.85. The summed E-state index contributed by atoms with van der Waals surface area (Å²) < 4.78 is 1.28. The van der Waals surface area contributed by atoms with Crippen molar-refractivity contribution in [3.8, 4) is 0 Å². The first-order valence-corrected chi connectivity index (χ1v) is 4.59. The van der Waals surface area contributed by atoms with Gasteiger partial charge >= 0.3 is 0 Å². The van der Waals surface area contributed by atoms with Crippen molar-refractivity contribution in [2.45, 2.75) is 20.3 Å². The van der Waals surface area contributed by atoms with Gasteiger partial charge in [-0.25, -0.2) is 0 Å². The SMILES string of the molecule is CCc1cc(C)c(Br)s1. The fourth-order valence-corrected chi connectivity index (χ4v) is 2.27. The molecule has 0 unspecified atom stereocenters. The number of thiophene rings is 1. The summed E-state index contributed by atoms with van der Waals surface area (Å²) in [6.45, 7) is 4.30. The Kier molecular flexibility index (Phi) is 2.30. The molecular weight excluding hydrogens is 196 g/mol. The standard InChI is InChI=1S/C7H9BrS/c1-3-6-4-5(2)7(8)9-6/h4H,3H2,1-2H3. The first-order chi connectivity index (χ1) is 4.24. The predicted octanol–water partition coefficient (Wildman–Crippen LogP) is 3.38. The van der Waals surface area contributed by atoms with Crippen molar-refractivity contribution in [2.75, 3.05) is 0 Å². The van der Waals surface area contributed by atoms with Crippen LogP contribution in [0.3, 0.4) is 0 Å². The van der Waals surface area contributed by atoms with E-state index < -0.39 is 0 Å². The van der Waals surface area contributed by atoms with Gasteiger partial charge in [0.2, 0.25) is 0 Å². The molecule has 2 heteroatoms. The van der Waals surface area contributed by atoms with E-state index in [2.05, 4.69) is 35.8 Å². The van der Waals surface area contributed by atoms with Gasteiger partial charge in [-0.05, 0) is 40.9 Å². The highest BCUT2D eigenvalue weighted by Crippen LogP contribution is 2.27. The Labute approximate surface area is 68.0 Å². The van der Waals surface area contributed by atoms with Gasteiger partial charge in [0, 0.05) is 4.88 Å². The van der Waals surface area contributed by atoms with E-state index in [9.17, 15) is 0 Å². The average molecular weight is 205 g/mol. The van der Waals surface area contributed by atoms with Crippen molar-refractivity contribution < 1.29 is 0 Å². The molecule has 0 saturated carbocycles. The fraction of sp³-hybridized carbons (Fsp3) is 0.429. The predicted molar refractivity (Wildman–Crippen MR) is 46.1 cm³/mol. The van der Waals surface area contributed by atoms with Crippen molar-refractivity contribution in [1.29, 1.82) is 0 Å². The number of hydrogen-bond acceptors (Lipinski definition) is 1. The molecule has 1 aromatic heterocycles. The second kappa shape index (κ2) is 2.84. The minimum Gasteiger partial charge on any atom is -0.133 e. The number of hydrogen-bond donors (Lipinski definition) is 0. The summed E-state index contributed by atoms with van der Waals surface area (Å²) in [5.74, 6) is 0. The summed E-state index contributed by atoms with van der Waals surface area (Å²) in [7, 11) is 0. The minimum absolute atomic E-state index is 1.15. The Balaban J connectivity index is 2.98. The quantitative estimate of drug-likeness (QED) is 0.659. The van der Waals surface area contributed by atoms with Crippen LogP contribution in [0.2, 0.25) is 0 Å². The third-order valence-electron chi connectivity index (χ3n) is 1.26. The molecule has 0 spiro atoms. The average Bonchev–Trinajstić information content (AvgIpc) is 2.13. The molecule has 0 N–H and O–H groups in total. The zero-order valence-electron chi connectivity index (χ0n) is 5.57. The molecule has 1 aromatic rings. The van der Waals surface area contributed by atoms with E-state index >= 15 is 0 Å². The van der Waals surface area contributed by atoms with Crippen LogP contribution in [-0.2, 0) is 6.42 Å². The van der Waals surface area contributed by atoms with Gasteiger partial charge in [-0.15, -0.1) is 11.3 Å². The molecule has 0 aliphatic rings. The maximum atomic E-state index is 3.48. The van der Waals surface area contributed by atoms with Crippen LogP contribution in [0, 0.1) is 6.92 Å². The van der Waals surface area contributed by atoms with Crippen LogP contribution in [0.25, 0.3) is 0 Å². The first kappa shape index (κ1) is 7.29. The Bertz CT molecular complexity index is 183. The molecule has 50 valence electrons. The Morgan fingerprint density at radius 1 is 1.67 bits per heavy atom. The molecule has 0 fully saturated rings. The molecule has 9 heavy (non-hydrogen) atoms. The van der Waals surface area contributed by atoms with E-state index in [1.807, 2.05) is 11.3 Å². The summed E-state index contributed by atoms with van der Waals surface area (Å²) in [6, 6.07) is 2.23. The number of rotatable bonds is 1. The molecule has 0 aliphatic heterocycles. The summed E-state index contributed by atoms with van der Waals surface area (Å²) in [4.78, 5) is 1.46. The normalized spacial score (nSPS) is 10.1. The smallest absolute Gasteiger partial charge is 0.0730 e. The lowest BCUT2D eigenvalue weighted by Gasteiger charge is -1.79. The van der Waals surface area contributed by atoms with E-state index in [4.69, 9.17) is 0 Å². The van der Waals surface area contributed by atoms with Crippen LogP contribution in [0.5, 0.6) is 0 Å². The zero-order valence-corrected chi connectivity index (χ0v) is 7.97. The summed E-state index contributed by atoms with van der Waals surface area (Å²) in [5, 5.41) is 0. The lowest BCUT2D eigenvalue weighted by molar-refractivity contribution is 1.18. The topological polar surface area (TPSA) is 0 Å². The molecule has 0 bridgehead atoms. The molecule has 0 aromatic carbocycles. The van der Waals surface area contributed by atoms with E-state index in [0.717, 1.165) is 6.42 Å². The van der Waals surface area contributed by atoms with Crippen molar-refractivity contribution in [1.82, 2.24) is 0 Å². The molecule has 0 radical (unpaired) electrons. The van der Waals surface area contributed by atoms with Crippen LogP contribution in [0.15, 0.2) is 9.85 Å². The molecule has 1 rings (SSSR count). The fourth-order valence-electron chi connectivity index (χ4n) is 0.698. The Morgan fingerprint density at radius 2 is 2.33 bits per heavy atom. The van der Waals surface area contributed by atoms with Gasteiger partial charge in [0.15, 0.2) is 0 Å². The second-order valence-corrected chi connectivity index (χ2v) is 4.48. The summed E-state index contributed by atoms with van der Waals surface area (Å²) >= 11 is 5.31. The second-order valence-electron chi connectivity index (χ2n) is 2.02. The lowest BCUT2D eigenvalue weighted by Crippen LogP contribution is -1.65. The van der Waals surface area contributed by atoms with Crippen molar-refractivity contribution in [2.24, 2.45) is 0 Å². The molecule has 0 atom stereocenters. The van der Waals surface area contributed by atoms with E-state index in [-0.39, 0.29) is 0 Å². The molecular formula is C7H9BrS. The van der Waals surface area contributed by atoms with E-state index in [0.29, 0.717) is 0 Å². The first-order valence-electron chi connectivity index (χ1n) is 2.99. The monoisotopic (exact) mass is 204 g/mol. The lowest BCUT2D eigenvalue weighted by atomic mass is 10.3. The highest BCUT2D eigenvalue weighted by Gasteiger charge is 1.98. The van der Waals surface area contributed by atoms with Gasteiger partial charge in [0.05, 0.1) is 3.79 Å². The van der Waals surface area contributed by atoms with E-state index in [1.165, 1.54) is 14.2 Å². The van der Waals surface area contributed by atoms with Crippen LogP contribution < -0.4 is 0 Å². The van der Waals surface area contributed by atoms with Crippen LogP contribution in [0.1, 0.15) is 17.4 Å². The van der Waals surface area contributed by atoms with Gasteiger partial charge in [0.1, 0.15) is 0 Å². The van der Waals surface area contributed by atoms with Gasteiger partial charge in [0.25, 0.3) is 0 Å². The van der Waals surface area contributed by atoms with E-state index in [1.54, 1.807) is 0 Å². The third-order valence-corrected chi connectivity index (χ3v) is 3.54. The van der Waals surface area contributed by atoms with Gasteiger partial charge in [-0.3, -0.25) is 0 Å². The van der Waals surface area contributed by atoms with Crippen molar-refractivity contribution >= 4 is 27.3 Å². The summed E-state index contributed by atoms with van der Waals surface area (Å²) in [5.41, 5.74) is 1.36. The molecule has 0 nitrogen and oxygen atoms in total. The Morgan fingerprint density at radius 3 is 2.56 bits per heavy atom.